The van der Waals surface area contributed by atoms with E-state index >= 15 is 0 Å². The van der Waals surface area contributed by atoms with Crippen molar-refractivity contribution in [2.24, 2.45) is 5.92 Å². The van der Waals surface area contributed by atoms with Crippen LogP contribution in [0.2, 0.25) is 0 Å². The molecule has 0 saturated heterocycles. The molecule has 2 nitrogen and oxygen atoms in total. The Morgan fingerprint density at radius 3 is 2.92 bits per heavy atom. The van der Waals surface area contributed by atoms with Gasteiger partial charge in [-0.15, -0.1) is 0 Å². The SMILES string of the molecule is C/C=C/C(=O)NCCCC1CC1. The highest BCUT2D eigenvalue weighted by atomic mass is 16.1. The Labute approximate surface area is 74.0 Å². The summed E-state index contributed by atoms with van der Waals surface area (Å²) < 4.78 is 0. The summed E-state index contributed by atoms with van der Waals surface area (Å²) >= 11 is 0. The van der Waals surface area contributed by atoms with Crippen LogP contribution in [0.15, 0.2) is 12.2 Å². The van der Waals surface area contributed by atoms with E-state index in [1.807, 2.05) is 6.92 Å². The third-order valence-electron chi connectivity index (χ3n) is 2.10. The summed E-state index contributed by atoms with van der Waals surface area (Å²) in [7, 11) is 0. The predicted molar refractivity (Wildman–Crippen MR) is 49.8 cm³/mol. The van der Waals surface area contributed by atoms with Gasteiger partial charge in [0.2, 0.25) is 5.91 Å². The summed E-state index contributed by atoms with van der Waals surface area (Å²) in [6.07, 6.45) is 8.56. The van der Waals surface area contributed by atoms with Gasteiger partial charge in [-0.1, -0.05) is 18.9 Å². The number of allylic oxidation sites excluding steroid dienone is 1. The van der Waals surface area contributed by atoms with E-state index in [2.05, 4.69) is 5.32 Å². The van der Waals surface area contributed by atoms with Crippen LogP contribution in [0.5, 0.6) is 0 Å². The smallest absolute Gasteiger partial charge is 0.243 e. The molecule has 1 amide bonds. The van der Waals surface area contributed by atoms with Gasteiger partial charge >= 0.3 is 0 Å². The van der Waals surface area contributed by atoms with Gasteiger partial charge in [0.15, 0.2) is 0 Å². The Bertz CT molecular complexity index is 171. The normalized spacial score (nSPS) is 16.8. The average Bonchev–Trinajstić information content (AvgIpc) is 2.82. The highest BCUT2D eigenvalue weighted by molar-refractivity contribution is 5.87. The van der Waals surface area contributed by atoms with Crippen LogP contribution in [-0.2, 0) is 4.79 Å². The quantitative estimate of drug-likeness (QED) is 0.491. The molecular weight excluding hydrogens is 150 g/mol. The fraction of sp³-hybridized carbons (Fsp3) is 0.700. The molecule has 12 heavy (non-hydrogen) atoms. The van der Waals surface area contributed by atoms with E-state index in [0.717, 1.165) is 18.9 Å². The van der Waals surface area contributed by atoms with Crippen LogP contribution < -0.4 is 5.32 Å². The molecule has 0 aromatic rings. The minimum Gasteiger partial charge on any atom is -0.353 e. The molecule has 1 fully saturated rings. The van der Waals surface area contributed by atoms with E-state index < -0.39 is 0 Å². The van der Waals surface area contributed by atoms with Crippen molar-refractivity contribution in [1.29, 1.82) is 0 Å². The number of rotatable bonds is 5. The van der Waals surface area contributed by atoms with Crippen molar-refractivity contribution in [3.05, 3.63) is 12.2 Å². The summed E-state index contributed by atoms with van der Waals surface area (Å²) in [6, 6.07) is 0. The third kappa shape index (κ3) is 4.16. The average molecular weight is 167 g/mol. The van der Waals surface area contributed by atoms with Crippen LogP contribution in [0.4, 0.5) is 0 Å². The second kappa shape index (κ2) is 4.96. The molecule has 1 N–H and O–H groups in total. The maximum absolute atomic E-state index is 10.9. The summed E-state index contributed by atoms with van der Waals surface area (Å²) in [5, 5.41) is 2.84. The Morgan fingerprint density at radius 1 is 1.58 bits per heavy atom. The second-order valence-electron chi connectivity index (χ2n) is 3.38. The topological polar surface area (TPSA) is 29.1 Å². The maximum Gasteiger partial charge on any atom is 0.243 e. The van der Waals surface area contributed by atoms with Crippen LogP contribution in [0, 0.1) is 5.92 Å². The second-order valence-corrected chi connectivity index (χ2v) is 3.38. The Balaban J connectivity index is 1.89. The van der Waals surface area contributed by atoms with Crippen LogP contribution in [-0.4, -0.2) is 12.5 Å². The molecule has 0 heterocycles. The van der Waals surface area contributed by atoms with Crippen LogP contribution in [0.25, 0.3) is 0 Å². The zero-order valence-corrected chi connectivity index (χ0v) is 7.68. The highest BCUT2D eigenvalue weighted by Crippen LogP contribution is 2.33. The molecule has 2 heteroatoms. The van der Waals surface area contributed by atoms with Crippen molar-refractivity contribution < 1.29 is 4.79 Å². The monoisotopic (exact) mass is 167 g/mol. The van der Waals surface area contributed by atoms with E-state index in [1.54, 1.807) is 12.2 Å². The zero-order chi connectivity index (χ0) is 8.81. The van der Waals surface area contributed by atoms with Gasteiger partial charge in [-0.25, -0.2) is 0 Å². The summed E-state index contributed by atoms with van der Waals surface area (Å²) in [4.78, 5) is 10.9. The molecule has 0 atom stereocenters. The first kappa shape index (κ1) is 9.30. The van der Waals surface area contributed by atoms with Crippen molar-refractivity contribution in [2.45, 2.75) is 32.6 Å². The molecule has 68 valence electrons. The molecule has 0 aliphatic heterocycles. The molecule has 0 aromatic carbocycles. The van der Waals surface area contributed by atoms with Gasteiger partial charge < -0.3 is 5.32 Å². The summed E-state index contributed by atoms with van der Waals surface area (Å²) in [5.41, 5.74) is 0. The minimum absolute atomic E-state index is 0.0355. The van der Waals surface area contributed by atoms with Crippen molar-refractivity contribution in [2.75, 3.05) is 6.54 Å². The van der Waals surface area contributed by atoms with Gasteiger partial charge in [0.05, 0.1) is 0 Å². The van der Waals surface area contributed by atoms with Crippen molar-refractivity contribution >= 4 is 5.91 Å². The largest absolute Gasteiger partial charge is 0.353 e. The van der Waals surface area contributed by atoms with E-state index in [1.165, 1.54) is 19.3 Å². The van der Waals surface area contributed by atoms with Crippen molar-refractivity contribution in [1.82, 2.24) is 5.32 Å². The summed E-state index contributed by atoms with van der Waals surface area (Å²) in [6.45, 7) is 2.68. The Morgan fingerprint density at radius 2 is 2.33 bits per heavy atom. The number of hydrogen-bond acceptors (Lipinski definition) is 1. The van der Waals surface area contributed by atoms with Crippen LogP contribution in [0.3, 0.4) is 0 Å². The fourth-order valence-electron chi connectivity index (χ4n) is 1.22. The van der Waals surface area contributed by atoms with Crippen LogP contribution >= 0.6 is 0 Å². The lowest BCUT2D eigenvalue weighted by atomic mass is 10.2. The van der Waals surface area contributed by atoms with Gasteiger partial charge in [0, 0.05) is 6.54 Å². The van der Waals surface area contributed by atoms with Crippen molar-refractivity contribution in [3.8, 4) is 0 Å². The molecule has 0 spiro atoms. The Hall–Kier alpha value is -0.790. The first-order valence-corrected chi connectivity index (χ1v) is 4.73. The molecule has 0 unspecified atom stereocenters. The molecule has 0 radical (unpaired) electrons. The molecule has 1 rings (SSSR count). The Kier molecular flexibility index (Phi) is 3.85. The third-order valence-corrected chi connectivity index (χ3v) is 2.10. The maximum atomic E-state index is 10.9. The highest BCUT2D eigenvalue weighted by Gasteiger charge is 2.19. The van der Waals surface area contributed by atoms with Gasteiger partial charge in [-0.05, 0) is 31.8 Å². The van der Waals surface area contributed by atoms with Gasteiger partial charge in [-0.3, -0.25) is 4.79 Å². The lowest BCUT2D eigenvalue weighted by Crippen LogP contribution is -2.22. The minimum atomic E-state index is 0.0355. The van der Waals surface area contributed by atoms with E-state index in [4.69, 9.17) is 0 Å². The first-order chi connectivity index (χ1) is 5.83. The van der Waals surface area contributed by atoms with E-state index in [9.17, 15) is 4.79 Å². The molecule has 0 aromatic heterocycles. The zero-order valence-electron chi connectivity index (χ0n) is 7.68. The number of carbonyl (C=O) groups excluding carboxylic acids is 1. The van der Waals surface area contributed by atoms with Crippen LogP contribution in [0.1, 0.15) is 32.6 Å². The standard InChI is InChI=1S/C10H17NO/c1-2-4-10(12)11-8-3-5-9-6-7-9/h2,4,9H,3,5-8H2,1H3,(H,11,12)/b4-2+. The molecule has 1 aliphatic carbocycles. The molecule has 0 bridgehead atoms. The van der Waals surface area contributed by atoms with E-state index in [0.29, 0.717) is 0 Å². The number of nitrogens with one attached hydrogen (secondary N) is 1. The van der Waals surface area contributed by atoms with Gasteiger partial charge in [0.1, 0.15) is 0 Å². The molecular formula is C10H17NO. The fourth-order valence-corrected chi connectivity index (χ4v) is 1.22. The van der Waals surface area contributed by atoms with Gasteiger partial charge in [0.25, 0.3) is 0 Å². The predicted octanol–water partition coefficient (Wildman–Crippen LogP) is 1.87. The number of carbonyl (C=O) groups is 1. The van der Waals surface area contributed by atoms with Crippen molar-refractivity contribution in [3.63, 3.8) is 0 Å². The summed E-state index contributed by atoms with van der Waals surface area (Å²) in [5.74, 6) is 1.01. The molecule has 1 saturated carbocycles. The first-order valence-electron chi connectivity index (χ1n) is 4.73. The van der Waals surface area contributed by atoms with Gasteiger partial charge in [-0.2, -0.15) is 0 Å². The van der Waals surface area contributed by atoms with E-state index in [-0.39, 0.29) is 5.91 Å². The number of hydrogen-bond donors (Lipinski definition) is 1. The number of amides is 1. The lowest BCUT2D eigenvalue weighted by molar-refractivity contribution is -0.116. The molecule has 1 aliphatic rings. The lowest BCUT2D eigenvalue weighted by Gasteiger charge is -2.00.